The molecule has 1 atom stereocenters. The molecule has 0 radical (unpaired) electrons. The second-order valence-corrected chi connectivity index (χ2v) is 7.69. The summed E-state index contributed by atoms with van der Waals surface area (Å²) in [6.07, 6.45) is 0.175. The maximum atomic E-state index is 13.0. The first-order valence-electron chi connectivity index (χ1n) is 10.3. The third kappa shape index (κ3) is 3.13. The number of nitrogens with zero attached hydrogens (tertiary/aromatic N) is 4. The lowest BCUT2D eigenvalue weighted by molar-refractivity contribution is 0.338. The van der Waals surface area contributed by atoms with Crippen LogP contribution in [-0.2, 0) is 6.42 Å². The molecule has 3 heterocycles. The summed E-state index contributed by atoms with van der Waals surface area (Å²) in [5, 5.41) is 13.6. The van der Waals surface area contributed by atoms with E-state index in [1.807, 2.05) is 12.1 Å². The van der Waals surface area contributed by atoms with Crippen molar-refractivity contribution in [1.29, 1.82) is 0 Å². The van der Waals surface area contributed by atoms with Crippen molar-refractivity contribution in [3.63, 3.8) is 0 Å². The molecule has 3 aromatic rings. The van der Waals surface area contributed by atoms with E-state index in [2.05, 4.69) is 27.3 Å². The third-order valence-corrected chi connectivity index (χ3v) is 5.74. The second kappa shape index (κ2) is 7.60. The Labute approximate surface area is 184 Å². The van der Waals surface area contributed by atoms with E-state index >= 15 is 0 Å². The van der Waals surface area contributed by atoms with Gasteiger partial charge in [0.1, 0.15) is 0 Å². The summed E-state index contributed by atoms with van der Waals surface area (Å²) in [6.45, 7) is 2.54. The summed E-state index contributed by atoms with van der Waals surface area (Å²) in [6, 6.07) is 13.0. The standard InChI is InChI=1S/C23H23N5O4/c1-13-10-19(29)28-21(15-11-17(31-2)20(30)18(12-15)32-3)25-22(26-23(28)24-13)27-9-8-14-6-4-5-7-16(14)27/h4-7,10-12,21,30H,8-9H2,1-3H3,(H,24,25,26)/t21-/m1/s1. The van der Waals surface area contributed by atoms with Gasteiger partial charge in [0, 0.05) is 29.6 Å². The Hall–Kier alpha value is -4.01. The molecule has 1 aromatic heterocycles. The first-order valence-corrected chi connectivity index (χ1v) is 10.3. The van der Waals surface area contributed by atoms with Crippen LogP contribution in [0.4, 0.5) is 11.6 Å². The number of aliphatic imine (C=N–C) groups is 1. The van der Waals surface area contributed by atoms with E-state index in [-0.39, 0.29) is 22.8 Å². The molecule has 0 saturated carbocycles. The van der Waals surface area contributed by atoms with Crippen LogP contribution in [0.1, 0.15) is 23.0 Å². The number of methoxy groups -OCH3 is 2. The molecule has 2 N–H and O–H groups in total. The first-order chi connectivity index (χ1) is 15.5. The van der Waals surface area contributed by atoms with Crippen LogP contribution in [0.5, 0.6) is 17.2 Å². The zero-order valence-electron chi connectivity index (χ0n) is 18.0. The Kier molecular flexibility index (Phi) is 4.73. The van der Waals surface area contributed by atoms with Crippen molar-refractivity contribution in [2.24, 2.45) is 4.99 Å². The summed E-state index contributed by atoms with van der Waals surface area (Å²) in [4.78, 5) is 24.5. The number of hydrogen-bond acceptors (Lipinski definition) is 8. The maximum Gasteiger partial charge on any atom is 0.257 e. The van der Waals surface area contributed by atoms with E-state index in [1.165, 1.54) is 30.4 Å². The molecule has 2 aliphatic rings. The van der Waals surface area contributed by atoms with E-state index in [0.717, 1.165) is 18.7 Å². The minimum atomic E-state index is -0.724. The van der Waals surface area contributed by atoms with Gasteiger partial charge in [0.25, 0.3) is 5.56 Å². The Balaban J connectivity index is 1.69. The smallest absolute Gasteiger partial charge is 0.257 e. The monoisotopic (exact) mass is 433 g/mol. The van der Waals surface area contributed by atoms with Gasteiger partial charge in [-0.25, -0.2) is 9.98 Å². The number of anilines is 2. The molecule has 0 fully saturated rings. The maximum absolute atomic E-state index is 13.0. The number of guanidine groups is 1. The Morgan fingerprint density at radius 2 is 1.84 bits per heavy atom. The van der Waals surface area contributed by atoms with Gasteiger partial charge in [0.05, 0.1) is 14.2 Å². The average Bonchev–Trinajstić information content (AvgIpc) is 3.22. The van der Waals surface area contributed by atoms with E-state index in [1.54, 1.807) is 19.1 Å². The molecule has 2 aromatic carbocycles. The van der Waals surface area contributed by atoms with Crippen molar-refractivity contribution in [1.82, 2.24) is 9.55 Å². The lowest BCUT2D eigenvalue weighted by Gasteiger charge is -2.31. The number of nitrogens with one attached hydrogen (secondary N) is 1. The molecule has 32 heavy (non-hydrogen) atoms. The van der Waals surface area contributed by atoms with Crippen LogP contribution in [0.15, 0.2) is 52.3 Å². The number of aromatic nitrogens is 2. The second-order valence-electron chi connectivity index (χ2n) is 7.69. The number of ether oxygens (including phenoxy) is 2. The number of hydrogen-bond donors (Lipinski definition) is 2. The van der Waals surface area contributed by atoms with Crippen molar-refractivity contribution < 1.29 is 14.6 Å². The van der Waals surface area contributed by atoms with Crippen LogP contribution in [0, 0.1) is 6.92 Å². The van der Waals surface area contributed by atoms with Gasteiger partial charge in [-0.1, -0.05) is 18.2 Å². The molecular weight excluding hydrogens is 410 g/mol. The van der Waals surface area contributed by atoms with E-state index < -0.39 is 6.17 Å². The van der Waals surface area contributed by atoms with Crippen molar-refractivity contribution in [2.45, 2.75) is 19.5 Å². The molecule has 164 valence electrons. The van der Waals surface area contributed by atoms with Crippen LogP contribution in [-0.4, -0.2) is 41.4 Å². The summed E-state index contributed by atoms with van der Waals surface area (Å²) in [7, 11) is 2.92. The number of phenolic OH excluding ortho intramolecular Hbond substituents is 1. The number of para-hydroxylation sites is 1. The highest BCUT2D eigenvalue weighted by molar-refractivity contribution is 6.06. The molecule has 0 saturated heterocycles. The van der Waals surface area contributed by atoms with Crippen molar-refractivity contribution in [3.05, 3.63) is 69.6 Å². The highest BCUT2D eigenvalue weighted by atomic mass is 16.5. The quantitative estimate of drug-likeness (QED) is 0.655. The lowest BCUT2D eigenvalue weighted by Crippen LogP contribution is -2.43. The third-order valence-electron chi connectivity index (χ3n) is 5.74. The van der Waals surface area contributed by atoms with Crippen LogP contribution >= 0.6 is 0 Å². The summed E-state index contributed by atoms with van der Waals surface area (Å²) < 4.78 is 12.1. The molecule has 0 aliphatic carbocycles. The number of aryl methyl sites for hydroxylation is 1. The fraction of sp³-hybridized carbons (Fsp3) is 0.261. The highest BCUT2D eigenvalue weighted by Crippen LogP contribution is 2.41. The van der Waals surface area contributed by atoms with Gasteiger partial charge < -0.3 is 19.5 Å². The number of fused-ring (bicyclic) bond motifs is 2. The number of aromatic hydroxyl groups is 1. The fourth-order valence-electron chi connectivity index (χ4n) is 4.22. The zero-order chi connectivity index (χ0) is 22.4. The van der Waals surface area contributed by atoms with Crippen LogP contribution in [0.3, 0.4) is 0 Å². The number of phenols is 1. The molecule has 5 rings (SSSR count). The molecular formula is C23H23N5O4. The first kappa shape index (κ1) is 19.9. The SMILES string of the molecule is COc1cc([C@@H]2N=C(N3CCc4ccccc43)Nc3nc(C)cc(=O)n32)cc(OC)c1O. The Morgan fingerprint density at radius 3 is 2.56 bits per heavy atom. The molecule has 9 heteroatoms. The van der Waals surface area contributed by atoms with Crippen LogP contribution in [0.25, 0.3) is 0 Å². The normalized spacial score (nSPS) is 16.7. The molecule has 0 bridgehead atoms. The Bertz CT molecular complexity index is 1270. The predicted molar refractivity (Wildman–Crippen MR) is 121 cm³/mol. The molecule has 0 spiro atoms. The fourth-order valence-corrected chi connectivity index (χ4v) is 4.22. The number of benzene rings is 2. The largest absolute Gasteiger partial charge is 0.502 e. The molecule has 0 unspecified atom stereocenters. The van der Waals surface area contributed by atoms with Crippen LogP contribution < -0.4 is 25.2 Å². The van der Waals surface area contributed by atoms with Gasteiger partial charge in [-0.15, -0.1) is 0 Å². The van der Waals surface area contributed by atoms with Gasteiger partial charge in [0.2, 0.25) is 17.7 Å². The minimum absolute atomic E-state index is 0.111. The van der Waals surface area contributed by atoms with Gasteiger partial charge in [-0.3, -0.25) is 14.7 Å². The van der Waals surface area contributed by atoms with E-state index in [9.17, 15) is 9.90 Å². The zero-order valence-corrected chi connectivity index (χ0v) is 18.0. The summed E-state index contributed by atoms with van der Waals surface area (Å²) in [5.74, 6) is 1.36. The highest BCUT2D eigenvalue weighted by Gasteiger charge is 2.31. The minimum Gasteiger partial charge on any atom is -0.502 e. The van der Waals surface area contributed by atoms with Crippen molar-refractivity contribution >= 4 is 17.6 Å². The van der Waals surface area contributed by atoms with E-state index in [4.69, 9.17) is 14.5 Å². The molecule has 2 aliphatic heterocycles. The summed E-state index contributed by atoms with van der Waals surface area (Å²) >= 11 is 0. The van der Waals surface area contributed by atoms with Gasteiger partial charge in [0.15, 0.2) is 17.7 Å². The summed E-state index contributed by atoms with van der Waals surface area (Å²) in [5.41, 5.74) is 3.30. The van der Waals surface area contributed by atoms with Gasteiger partial charge in [-0.2, -0.15) is 0 Å². The topological polar surface area (TPSA) is 101 Å². The van der Waals surface area contributed by atoms with Crippen molar-refractivity contribution in [2.75, 3.05) is 31.0 Å². The molecule has 0 amide bonds. The van der Waals surface area contributed by atoms with Gasteiger partial charge >= 0.3 is 0 Å². The van der Waals surface area contributed by atoms with E-state index in [0.29, 0.717) is 23.2 Å². The Morgan fingerprint density at radius 1 is 1.12 bits per heavy atom. The van der Waals surface area contributed by atoms with Crippen molar-refractivity contribution in [3.8, 4) is 17.2 Å². The van der Waals surface area contributed by atoms with Gasteiger partial charge in [-0.05, 0) is 37.1 Å². The van der Waals surface area contributed by atoms with Crippen LogP contribution in [0.2, 0.25) is 0 Å². The average molecular weight is 433 g/mol. The predicted octanol–water partition coefficient (Wildman–Crippen LogP) is 2.67. The molecule has 9 nitrogen and oxygen atoms in total. The lowest BCUT2D eigenvalue weighted by atomic mass is 10.1. The number of rotatable bonds is 3.